The first kappa shape index (κ1) is 22.3. The van der Waals surface area contributed by atoms with Gasteiger partial charge in [0.05, 0.1) is 26.3 Å². The number of hydrogen-bond donors (Lipinski definition) is 1. The Bertz CT molecular complexity index is 1170. The van der Waals surface area contributed by atoms with E-state index in [9.17, 15) is 14.4 Å². The predicted octanol–water partition coefficient (Wildman–Crippen LogP) is 4.70. The van der Waals surface area contributed by atoms with Crippen LogP contribution in [0.5, 0.6) is 11.5 Å². The second-order valence-corrected chi connectivity index (χ2v) is 8.34. The quantitative estimate of drug-likeness (QED) is 0.548. The number of amides is 2. The van der Waals surface area contributed by atoms with Crippen molar-refractivity contribution in [2.45, 2.75) is 13.0 Å². The van der Waals surface area contributed by atoms with Crippen molar-refractivity contribution in [2.75, 3.05) is 26.1 Å². The molecule has 0 radical (unpaired) electrons. The van der Waals surface area contributed by atoms with Gasteiger partial charge in [-0.05, 0) is 48.4 Å². The van der Waals surface area contributed by atoms with Crippen LogP contribution >= 0.6 is 11.3 Å². The van der Waals surface area contributed by atoms with Gasteiger partial charge in [0.15, 0.2) is 0 Å². The summed E-state index contributed by atoms with van der Waals surface area (Å²) in [6, 6.07) is 16.0. The molecule has 2 aromatic carbocycles. The molecular formula is C24H22N2O6S. The molecule has 1 aliphatic heterocycles. The maximum atomic E-state index is 12.9. The molecule has 0 atom stereocenters. The number of esters is 1. The first-order valence-electron chi connectivity index (χ1n) is 10.2. The van der Waals surface area contributed by atoms with Crippen molar-refractivity contribution in [1.82, 2.24) is 4.90 Å². The third-order valence-electron chi connectivity index (χ3n) is 5.20. The van der Waals surface area contributed by atoms with E-state index in [1.807, 2.05) is 30.3 Å². The summed E-state index contributed by atoms with van der Waals surface area (Å²) in [5, 5.41) is 3.23. The molecule has 0 aliphatic carbocycles. The molecule has 3 aromatic rings. The molecule has 8 nitrogen and oxygen atoms in total. The molecule has 1 aromatic heterocycles. The number of benzene rings is 2. The Balaban J connectivity index is 1.53. The van der Waals surface area contributed by atoms with Gasteiger partial charge in [0.1, 0.15) is 16.5 Å². The summed E-state index contributed by atoms with van der Waals surface area (Å²) < 4.78 is 15.5. The van der Waals surface area contributed by atoms with E-state index in [4.69, 9.17) is 14.2 Å². The maximum Gasteiger partial charge on any atom is 0.409 e. The lowest BCUT2D eigenvalue weighted by atomic mass is 10.0. The van der Waals surface area contributed by atoms with E-state index < -0.39 is 12.1 Å². The number of carbonyl (C=O) groups is 3. The molecule has 4 rings (SSSR count). The highest BCUT2D eigenvalue weighted by Crippen LogP contribution is 2.38. The normalized spacial score (nSPS) is 12.5. The van der Waals surface area contributed by atoms with E-state index in [1.54, 1.807) is 29.2 Å². The Kier molecular flexibility index (Phi) is 6.60. The molecule has 9 heteroatoms. The third kappa shape index (κ3) is 4.83. The standard InChI is InChI=1S/C24H22N2O6S/c1-30-23(28)20-18-12-13-26(24(29)31-2)14-19(18)33-22(20)25-21(27)15-8-10-17(11-9-15)32-16-6-4-3-5-7-16/h3-11H,12-14H2,1-2H3,(H,25,27). The first-order chi connectivity index (χ1) is 16.0. The number of fused-ring (bicyclic) bond motifs is 1. The SMILES string of the molecule is COC(=O)c1c(NC(=O)c2ccc(Oc3ccccc3)cc2)sc2c1CCN(C(=O)OC)C2. The monoisotopic (exact) mass is 466 g/mol. The summed E-state index contributed by atoms with van der Waals surface area (Å²) in [5.74, 6) is 0.404. The average Bonchev–Trinajstić information content (AvgIpc) is 3.21. The molecule has 2 heterocycles. The molecule has 2 amide bonds. The fraction of sp³-hybridized carbons (Fsp3) is 0.208. The van der Waals surface area contributed by atoms with Gasteiger partial charge in [0.2, 0.25) is 0 Å². The smallest absolute Gasteiger partial charge is 0.409 e. The van der Waals surface area contributed by atoms with Crippen LogP contribution in [0.1, 0.15) is 31.2 Å². The lowest BCUT2D eigenvalue weighted by Crippen LogP contribution is -2.35. The number of para-hydroxylation sites is 1. The van der Waals surface area contributed by atoms with Crippen LogP contribution in [-0.4, -0.2) is 43.6 Å². The average molecular weight is 467 g/mol. The van der Waals surface area contributed by atoms with Gasteiger partial charge in [-0.3, -0.25) is 4.79 Å². The van der Waals surface area contributed by atoms with Gasteiger partial charge in [0, 0.05) is 17.0 Å². The Morgan fingerprint density at radius 3 is 2.30 bits per heavy atom. The molecule has 33 heavy (non-hydrogen) atoms. The van der Waals surface area contributed by atoms with Crippen LogP contribution in [0.2, 0.25) is 0 Å². The highest BCUT2D eigenvalue weighted by atomic mass is 32.1. The Morgan fingerprint density at radius 2 is 1.64 bits per heavy atom. The number of rotatable bonds is 5. The van der Waals surface area contributed by atoms with E-state index in [-0.39, 0.29) is 5.91 Å². The van der Waals surface area contributed by atoms with Crippen LogP contribution in [0.15, 0.2) is 54.6 Å². The lowest BCUT2D eigenvalue weighted by Gasteiger charge is -2.25. The van der Waals surface area contributed by atoms with Gasteiger partial charge >= 0.3 is 12.1 Å². The van der Waals surface area contributed by atoms with Crippen LogP contribution < -0.4 is 10.1 Å². The van der Waals surface area contributed by atoms with Gasteiger partial charge in [-0.1, -0.05) is 18.2 Å². The number of nitrogens with one attached hydrogen (secondary N) is 1. The fourth-order valence-electron chi connectivity index (χ4n) is 3.57. The van der Waals surface area contributed by atoms with E-state index >= 15 is 0 Å². The van der Waals surface area contributed by atoms with E-state index in [0.717, 1.165) is 10.4 Å². The highest BCUT2D eigenvalue weighted by molar-refractivity contribution is 7.17. The van der Waals surface area contributed by atoms with Crippen LogP contribution in [0.4, 0.5) is 9.80 Å². The van der Waals surface area contributed by atoms with Crippen LogP contribution in [-0.2, 0) is 22.4 Å². The number of anilines is 1. The highest BCUT2D eigenvalue weighted by Gasteiger charge is 2.31. The van der Waals surface area contributed by atoms with Crippen LogP contribution in [0.25, 0.3) is 0 Å². The molecule has 170 valence electrons. The zero-order valence-corrected chi connectivity index (χ0v) is 18.9. The van der Waals surface area contributed by atoms with Crippen LogP contribution in [0.3, 0.4) is 0 Å². The molecule has 0 saturated carbocycles. The summed E-state index contributed by atoms with van der Waals surface area (Å²) in [5.41, 5.74) is 1.53. The molecule has 0 unspecified atom stereocenters. The van der Waals surface area contributed by atoms with Gasteiger partial charge in [-0.15, -0.1) is 11.3 Å². The third-order valence-corrected chi connectivity index (χ3v) is 6.33. The minimum Gasteiger partial charge on any atom is -0.465 e. The van der Waals surface area contributed by atoms with E-state index in [0.29, 0.717) is 47.1 Å². The summed E-state index contributed by atoms with van der Waals surface area (Å²) in [7, 11) is 2.63. The molecule has 0 fully saturated rings. The fourth-order valence-corrected chi connectivity index (χ4v) is 4.82. The number of methoxy groups -OCH3 is 2. The van der Waals surface area contributed by atoms with Crippen molar-refractivity contribution in [1.29, 1.82) is 0 Å². The van der Waals surface area contributed by atoms with Crippen molar-refractivity contribution in [3.8, 4) is 11.5 Å². The second-order valence-electron chi connectivity index (χ2n) is 7.23. The number of hydrogen-bond acceptors (Lipinski definition) is 7. The van der Waals surface area contributed by atoms with Gasteiger partial charge in [-0.25, -0.2) is 9.59 Å². The van der Waals surface area contributed by atoms with Crippen LogP contribution in [0, 0.1) is 0 Å². The summed E-state index contributed by atoms with van der Waals surface area (Å²) in [6.45, 7) is 0.717. The van der Waals surface area contributed by atoms with Gasteiger partial charge < -0.3 is 24.4 Å². The van der Waals surface area contributed by atoms with Crippen molar-refractivity contribution in [3.63, 3.8) is 0 Å². The van der Waals surface area contributed by atoms with Crippen molar-refractivity contribution in [3.05, 3.63) is 76.2 Å². The lowest BCUT2D eigenvalue weighted by molar-refractivity contribution is 0.0600. The zero-order valence-electron chi connectivity index (χ0n) is 18.1. The predicted molar refractivity (Wildman–Crippen MR) is 123 cm³/mol. The Labute approximate surface area is 194 Å². The number of thiophene rings is 1. The molecular weight excluding hydrogens is 444 g/mol. The van der Waals surface area contributed by atoms with E-state index in [1.165, 1.54) is 25.6 Å². The summed E-state index contributed by atoms with van der Waals surface area (Å²) >= 11 is 1.26. The summed E-state index contributed by atoms with van der Waals surface area (Å²) in [4.78, 5) is 39.7. The van der Waals surface area contributed by atoms with Crippen molar-refractivity contribution >= 4 is 34.3 Å². The minimum absolute atomic E-state index is 0.304. The number of carbonyl (C=O) groups excluding carboxylic acids is 3. The van der Waals surface area contributed by atoms with Crippen molar-refractivity contribution in [2.24, 2.45) is 0 Å². The molecule has 0 spiro atoms. The molecule has 0 saturated heterocycles. The first-order valence-corrected chi connectivity index (χ1v) is 11.0. The van der Waals surface area contributed by atoms with Gasteiger partial charge in [0.25, 0.3) is 5.91 Å². The zero-order chi connectivity index (χ0) is 23.4. The largest absolute Gasteiger partial charge is 0.465 e. The minimum atomic E-state index is -0.527. The Hall–Kier alpha value is -3.85. The van der Waals surface area contributed by atoms with Crippen molar-refractivity contribution < 1.29 is 28.6 Å². The Morgan fingerprint density at radius 1 is 0.939 bits per heavy atom. The topological polar surface area (TPSA) is 94.2 Å². The molecule has 1 aliphatic rings. The maximum absolute atomic E-state index is 12.9. The van der Waals surface area contributed by atoms with E-state index in [2.05, 4.69) is 5.32 Å². The van der Waals surface area contributed by atoms with Gasteiger partial charge in [-0.2, -0.15) is 0 Å². The summed E-state index contributed by atoms with van der Waals surface area (Å²) in [6.07, 6.45) is 0.0318. The molecule has 1 N–H and O–H groups in total. The second kappa shape index (κ2) is 9.74. The molecule has 0 bridgehead atoms. The number of nitrogens with zero attached hydrogens (tertiary/aromatic N) is 1. The number of ether oxygens (including phenoxy) is 3.